The number of hydrogen-bond donors (Lipinski definition) is 0. The highest BCUT2D eigenvalue weighted by Crippen LogP contribution is 2.21. The topological polar surface area (TPSA) is 133 Å². The lowest BCUT2D eigenvalue weighted by atomic mass is 10.2. The summed E-state index contributed by atoms with van der Waals surface area (Å²) in [4.78, 5) is 25.7. The maximum absolute atomic E-state index is 4.33. The van der Waals surface area contributed by atoms with Crippen molar-refractivity contribution in [2.45, 2.75) is 119 Å². The van der Waals surface area contributed by atoms with E-state index in [0.717, 1.165) is 44.5 Å². The van der Waals surface area contributed by atoms with Crippen LogP contribution < -0.4 is 0 Å². The molecule has 11 heterocycles. The molecule has 14 nitrogen and oxygen atoms in total. The minimum absolute atomic E-state index is 0.373. The molecule has 0 saturated heterocycles. The van der Waals surface area contributed by atoms with Gasteiger partial charge < -0.3 is 18.3 Å². The van der Waals surface area contributed by atoms with Gasteiger partial charge >= 0.3 is 0 Å². The van der Waals surface area contributed by atoms with E-state index >= 15 is 0 Å². The lowest BCUT2D eigenvalue weighted by Crippen LogP contribution is -2.02. The van der Waals surface area contributed by atoms with E-state index in [1.807, 2.05) is 89.0 Å². The van der Waals surface area contributed by atoms with Crippen LogP contribution in [0.5, 0.6) is 0 Å². The molecular formula is C58H70N14. The Labute approximate surface area is 423 Å². The largest absolute Gasteiger partial charge is 0.345 e. The molecule has 0 radical (unpaired) electrons. The van der Waals surface area contributed by atoms with Gasteiger partial charge in [-0.05, 0) is 173 Å². The summed E-state index contributed by atoms with van der Waals surface area (Å²) in [5.74, 6) is 0. The zero-order chi connectivity index (χ0) is 51.3. The maximum Gasteiger partial charge on any atom is 0.160 e. The van der Waals surface area contributed by atoms with Crippen molar-refractivity contribution in [1.29, 1.82) is 0 Å². The van der Waals surface area contributed by atoms with Gasteiger partial charge in [-0.15, -0.1) is 0 Å². The van der Waals surface area contributed by atoms with Gasteiger partial charge in [0.1, 0.15) is 16.8 Å². The van der Waals surface area contributed by atoms with Crippen LogP contribution in [0.4, 0.5) is 0 Å². The van der Waals surface area contributed by atoms with Crippen LogP contribution in [0.25, 0.3) is 66.2 Å². The van der Waals surface area contributed by atoms with Crippen LogP contribution in [0.2, 0.25) is 0 Å². The summed E-state index contributed by atoms with van der Waals surface area (Å²) in [5, 5.41) is 14.5. The molecule has 0 unspecified atom stereocenters. The number of fused-ring (bicyclic) bond motifs is 6. The highest BCUT2D eigenvalue weighted by Gasteiger charge is 2.08. The Morgan fingerprint density at radius 1 is 0.306 bits per heavy atom. The first-order valence-electron chi connectivity index (χ1n) is 25.0. The fourth-order valence-corrected chi connectivity index (χ4v) is 8.12. The van der Waals surface area contributed by atoms with Gasteiger partial charge in [0, 0.05) is 113 Å². The number of para-hydroxylation sites is 1. The maximum atomic E-state index is 4.33. The van der Waals surface area contributed by atoms with Gasteiger partial charge in [-0.3, -0.25) is 0 Å². The van der Waals surface area contributed by atoms with E-state index in [-0.39, 0.29) is 0 Å². The first-order chi connectivity index (χ1) is 34.7. The number of rotatable bonds is 6. The third kappa shape index (κ3) is 12.5. The number of nitrogens with zero attached hydrogens (tertiary/aromatic N) is 14. The van der Waals surface area contributed by atoms with E-state index in [2.05, 4.69) is 215 Å². The Morgan fingerprint density at radius 2 is 0.681 bits per heavy atom. The normalized spacial score (nSPS) is 11.2. The summed E-state index contributed by atoms with van der Waals surface area (Å²) in [5.41, 5.74) is 7.34. The fraction of sp³-hybridized carbons (Fsp3) is 0.310. The predicted octanol–water partition coefficient (Wildman–Crippen LogP) is 14.5. The van der Waals surface area contributed by atoms with Crippen molar-refractivity contribution in [2.24, 2.45) is 0 Å². The molecule has 72 heavy (non-hydrogen) atoms. The lowest BCUT2D eigenvalue weighted by molar-refractivity contribution is 0.546. The van der Waals surface area contributed by atoms with E-state index in [1.165, 1.54) is 21.7 Å². The van der Waals surface area contributed by atoms with Gasteiger partial charge in [0.15, 0.2) is 16.9 Å². The Bertz CT molecular complexity index is 2930. The Kier molecular flexibility index (Phi) is 17.4. The van der Waals surface area contributed by atoms with Crippen LogP contribution in [0.1, 0.15) is 119 Å². The fourth-order valence-electron chi connectivity index (χ4n) is 8.12. The molecule has 0 aliphatic rings. The summed E-state index contributed by atoms with van der Waals surface area (Å²) < 4.78 is 12.6. The molecule has 0 spiro atoms. The molecule has 12 rings (SSSR count). The molecule has 1 aromatic carbocycles. The van der Waals surface area contributed by atoms with E-state index < -0.39 is 0 Å². The molecule has 11 aromatic heterocycles. The molecule has 372 valence electrons. The molecule has 0 bridgehead atoms. The molecule has 14 heteroatoms. The van der Waals surface area contributed by atoms with Gasteiger partial charge in [-0.2, -0.15) is 10.2 Å². The van der Waals surface area contributed by atoms with Gasteiger partial charge in [0.05, 0.1) is 18.7 Å². The molecule has 0 saturated carbocycles. The molecule has 0 amide bonds. The standard InChI is InChI=1S/C11H13N.2C10H12N2.3C9H11N3/c1-9(2)12-8-7-10-5-3-4-6-11(10)12;2*1-8(2)12-7-5-9-4-3-6-11-10(9)12;1-7(2)12-6-11-8-4-3-5-10-9(8)12;2*1-7(2)12-9-8(6-11-12)4-3-5-10-9/h3-9H,1-2H3;2*3-8H,1-2H3;3*3-7H,1-2H3. The second-order valence-corrected chi connectivity index (χ2v) is 19.1. The van der Waals surface area contributed by atoms with Gasteiger partial charge in [0.2, 0.25) is 0 Å². The van der Waals surface area contributed by atoms with Crippen molar-refractivity contribution in [3.8, 4) is 0 Å². The molecule has 0 atom stereocenters. The average Bonchev–Trinajstić information content (AvgIpc) is 4.25. The van der Waals surface area contributed by atoms with Crippen LogP contribution in [0.3, 0.4) is 0 Å². The summed E-state index contributed by atoms with van der Waals surface area (Å²) >= 11 is 0. The summed E-state index contributed by atoms with van der Waals surface area (Å²) in [6, 6.07) is 37.4. The second-order valence-electron chi connectivity index (χ2n) is 19.1. The molecule has 0 N–H and O–H groups in total. The van der Waals surface area contributed by atoms with Crippen LogP contribution in [-0.2, 0) is 0 Å². The zero-order valence-electron chi connectivity index (χ0n) is 43.9. The first-order valence-corrected chi connectivity index (χ1v) is 25.0. The quantitative estimate of drug-likeness (QED) is 0.161. The molecule has 0 fully saturated rings. The highest BCUT2D eigenvalue weighted by atomic mass is 15.3. The molecular weight excluding hydrogens is 893 g/mol. The van der Waals surface area contributed by atoms with Crippen LogP contribution in [0.15, 0.2) is 171 Å². The van der Waals surface area contributed by atoms with Crippen molar-refractivity contribution in [1.82, 2.24) is 67.7 Å². The van der Waals surface area contributed by atoms with Crippen LogP contribution in [0, 0.1) is 0 Å². The third-order valence-electron chi connectivity index (χ3n) is 11.8. The Balaban J connectivity index is 0.000000127. The average molecular weight is 963 g/mol. The van der Waals surface area contributed by atoms with Gasteiger partial charge in [0.25, 0.3) is 0 Å². The summed E-state index contributed by atoms with van der Waals surface area (Å²) in [6.07, 6.45) is 20.9. The van der Waals surface area contributed by atoms with Crippen LogP contribution in [-0.4, -0.2) is 67.7 Å². The van der Waals surface area contributed by atoms with Gasteiger partial charge in [-0.25, -0.2) is 39.3 Å². The third-order valence-corrected chi connectivity index (χ3v) is 11.8. The number of hydrogen-bond acceptors (Lipinski definition) is 8. The van der Waals surface area contributed by atoms with E-state index in [1.54, 1.807) is 18.6 Å². The minimum atomic E-state index is 0.373. The zero-order valence-corrected chi connectivity index (χ0v) is 43.9. The Hall–Kier alpha value is -8.00. The molecule has 0 aliphatic heterocycles. The van der Waals surface area contributed by atoms with Crippen LogP contribution >= 0.6 is 0 Å². The number of benzene rings is 1. The molecule has 0 aliphatic carbocycles. The van der Waals surface area contributed by atoms with Crippen molar-refractivity contribution in [2.75, 3.05) is 0 Å². The van der Waals surface area contributed by atoms with Crippen molar-refractivity contribution >= 4 is 66.2 Å². The Morgan fingerprint density at radius 3 is 1.14 bits per heavy atom. The van der Waals surface area contributed by atoms with Crippen molar-refractivity contribution in [3.63, 3.8) is 0 Å². The van der Waals surface area contributed by atoms with E-state index in [4.69, 9.17) is 0 Å². The summed E-state index contributed by atoms with van der Waals surface area (Å²) in [7, 11) is 0. The predicted molar refractivity (Wildman–Crippen MR) is 296 cm³/mol. The van der Waals surface area contributed by atoms with E-state index in [0.29, 0.717) is 36.3 Å². The second kappa shape index (κ2) is 24.2. The minimum Gasteiger partial charge on any atom is -0.345 e. The monoisotopic (exact) mass is 963 g/mol. The highest BCUT2D eigenvalue weighted by molar-refractivity contribution is 5.80. The lowest BCUT2D eigenvalue weighted by Gasteiger charge is -2.08. The smallest absolute Gasteiger partial charge is 0.160 e. The summed E-state index contributed by atoms with van der Waals surface area (Å²) in [6.45, 7) is 25.7. The van der Waals surface area contributed by atoms with Crippen molar-refractivity contribution < 1.29 is 0 Å². The molecule has 12 aromatic rings. The first kappa shape index (κ1) is 51.8. The number of imidazole rings is 1. The van der Waals surface area contributed by atoms with E-state index in [9.17, 15) is 0 Å². The van der Waals surface area contributed by atoms with Crippen molar-refractivity contribution in [3.05, 3.63) is 171 Å². The SMILES string of the molecule is CC(C)n1ccc2ccccc21.CC(C)n1ccc2cccnc21.CC(C)n1ccc2cccnc21.CC(C)n1cnc2cccnc21.CC(C)n1ncc2cccnc21.CC(C)n1ncc2cccnc21. The number of aromatic nitrogens is 14. The van der Waals surface area contributed by atoms with Gasteiger partial charge in [-0.1, -0.05) is 18.2 Å². The number of pyridine rings is 5.